The molecule has 0 atom stereocenters. The van der Waals surface area contributed by atoms with E-state index in [0.29, 0.717) is 17.3 Å². The Morgan fingerprint density at radius 3 is 2.64 bits per heavy atom. The lowest BCUT2D eigenvalue weighted by Gasteiger charge is -2.32. The first-order valence-electron chi connectivity index (χ1n) is 9.17. The van der Waals surface area contributed by atoms with E-state index in [0.717, 1.165) is 48.9 Å². The molecule has 0 radical (unpaired) electrons. The molecule has 1 amide bonds. The Morgan fingerprint density at radius 1 is 1.18 bits per heavy atom. The van der Waals surface area contributed by atoms with Gasteiger partial charge in [0.1, 0.15) is 0 Å². The highest BCUT2D eigenvalue weighted by Gasteiger charge is 2.22. The molecule has 0 bridgehead atoms. The summed E-state index contributed by atoms with van der Waals surface area (Å²) in [4.78, 5) is 14.4. The molecule has 28 heavy (non-hydrogen) atoms. The van der Waals surface area contributed by atoms with Gasteiger partial charge in [0.15, 0.2) is 0 Å². The molecule has 2 N–H and O–H groups in total. The van der Waals surface area contributed by atoms with E-state index in [4.69, 9.17) is 11.6 Å². The van der Waals surface area contributed by atoms with Crippen LogP contribution in [0, 0.1) is 0 Å². The highest BCUT2D eigenvalue weighted by molar-refractivity contribution is 7.92. The zero-order chi connectivity index (χ0) is 20.1. The van der Waals surface area contributed by atoms with Gasteiger partial charge in [-0.2, -0.15) is 0 Å². The van der Waals surface area contributed by atoms with Crippen molar-refractivity contribution in [3.05, 3.63) is 58.6 Å². The van der Waals surface area contributed by atoms with Gasteiger partial charge in [-0.05, 0) is 54.7 Å². The first kappa shape index (κ1) is 20.5. The van der Waals surface area contributed by atoms with Gasteiger partial charge in [0.2, 0.25) is 15.9 Å². The van der Waals surface area contributed by atoms with Gasteiger partial charge in [-0.25, -0.2) is 8.42 Å². The number of carbonyl (C=O) groups is 1. The summed E-state index contributed by atoms with van der Waals surface area (Å²) < 4.78 is 25.8. The van der Waals surface area contributed by atoms with Gasteiger partial charge >= 0.3 is 0 Å². The first-order valence-corrected chi connectivity index (χ1v) is 11.4. The average molecular weight is 422 g/mol. The van der Waals surface area contributed by atoms with Gasteiger partial charge in [-0.1, -0.05) is 29.8 Å². The summed E-state index contributed by atoms with van der Waals surface area (Å²) in [6.07, 6.45) is 3.53. The molecule has 0 spiro atoms. The number of fused-ring (bicyclic) bond motifs is 1. The zero-order valence-corrected chi connectivity index (χ0v) is 17.3. The van der Waals surface area contributed by atoms with Crippen LogP contribution in [-0.4, -0.2) is 40.2 Å². The quantitative estimate of drug-likeness (QED) is 0.720. The third kappa shape index (κ3) is 5.62. The highest BCUT2D eigenvalue weighted by Crippen LogP contribution is 2.33. The number of carbonyl (C=O) groups excluding carboxylic acids is 1. The predicted molar refractivity (Wildman–Crippen MR) is 114 cm³/mol. The fourth-order valence-electron chi connectivity index (χ4n) is 3.39. The maximum absolute atomic E-state index is 12.4. The maximum atomic E-state index is 12.4. The summed E-state index contributed by atoms with van der Waals surface area (Å²) in [6, 6.07) is 13.1. The summed E-state index contributed by atoms with van der Waals surface area (Å²) in [6.45, 7) is 1.56. The number of sulfonamides is 1. The molecule has 0 fully saturated rings. The predicted octanol–water partition coefficient (Wildman–Crippen LogP) is 2.82. The number of hydrogen-bond donors (Lipinski definition) is 2. The Labute approximate surface area is 170 Å². The van der Waals surface area contributed by atoms with Crippen molar-refractivity contribution in [2.75, 3.05) is 35.5 Å². The maximum Gasteiger partial charge on any atom is 0.239 e. The second-order valence-electron chi connectivity index (χ2n) is 6.93. The van der Waals surface area contributed by atoms with Crippen molar-refractivity contribution in [2.24, 2.45) is 0 Å². The Bertz CT molecular complexity index is 946. The molecule has 1 heterocycles. The molecule has 6 nitrogen and oxygen atoms in total. The van der Waals surface area contributed by atoms with Crippen molar-refractivity contribution in [2.45, 2.75) is 19.3 Å². The summed E-state index contributed by atoms with van der Waals surface area (Å²) in [5.41, 5.74) is 3.55. The van der Waals surface area contributed by atoms with Crippen LogP contribution < -0.4 is 14.9 Å². The van der Waals surface area contributed by atoms with E-state index in [2.05, 4.69) is 10.0 Å². The minimum absolute atomic E-state index is 0.0525. The molecule has 0 aromatic heterocycles. The van der Waals surface area contributed by atoms with Gasteiger partial charge in [-0.15, -0.1) is 0 Å². The van der Waals surface area contributed by atoms with Crippen LogP contribution >= 0.6 is 11.6 Å². The third-order valence-electron chi connectivity index (χ3n) is 4.63. The number of nitrogens with zero attached hydrogens (tertiary/aromatic N) is 1. The van der Waals surface area contributed by atoms with Crippen LogP contribution in [0.1, 0.15) is 17.5 Å². The van der Waals surface area contributed by atoms with E-state index in [-0.39, 0.29) is 12.5 Å². The smallest absolute Gasteiger partial charge is 0.239 e. The van der Waals surface area contributed by atoms with Crippen molar-refractivity contribution < 1.29 is 13.2 Å². The second kappa shape index (κ2) is 8.84. The Balaban J connectivity index is 1.60. The molecule has 0 unspecified atom stereocenters. The van der Waals surface area contributed by atoms with E-state index in [1.54, 1.807) is 6.07 Å². The number of anilines is 2. The third-order valence-corrected chi connectivity index (χ3v) is 5.47. The zero-order valence-electron chi connectivity index (χ0n) is 15.7. The highest BCUT2D eigenvalue weighted by atomic mass is 35.5. The Hall–Kier alpha value is -2.25. The summed E-state index contributed by atoms with van der Waals surface area (Å²) in [5, 5.41) is 3.65. The lowest BCUT2D eigenvalue weighted by molar-refractivity contribution is -0.119. The van der Waals surface area contributed by atoms with Gasteiger partial charge in [0.05, 0.1) is 18.5 Å². The van der Waals surface area contributed by atoms with Crippen LogP contribution in [0.25, 0.3) is 0 Å². The van der Waals surface area contributed by atoms with Crippen molar-refractivity contribution in [1.82, 2.24) is 5.32 Å². The molecule has 150 valence electrons. The molecule has 1 aliphatic rings. The molecule has 2 aromatic carbocycles. The summed E-state index contributed by atoms with van der Waals surface area (Å²) in [5.74, 6) is -0.0525. The topological polar surface area (TPSA) is 78.5 Å². The molecule has 1 aliphatic heterocycles. The van der Waals surface area contributed by atoms with Crippen LogP contribution in [-0.2, 0) is 27.7 Å². The van der Waals surface area contributed by atoms with Gasteiger partial charge in [0, 0.05) is 23.8 Å². The standard InChI is InChI=1S/C20H24ClN3O3S/c1-28(26,27)23-18-5-2-6-19-17(18)4-3-13-24(19)14-20(25)22-12-11-15-7-9-16(21)10-8-15/h2,5-10,23H,3-4,11-14H2,1H3,(H,22,25). The fourth-order valence-corrected chi connectivity index (χ4v) is 4.10. The molecule has 0 saturated heterocycles. The molecule has 2 aromatic rings. The van der Waals surface area contributed by atoms with Crippen LogP contribution in [0.2, 0.25) is 5.02 Å². The largest absolute Gasteiger partial charge is 0.362 e. The lowest BCUT2D eigenvalue weighted by atomic mass is 10.00. The lowest BCUT2D eigenvalue weighted by Crippen LogP contribution is -2.40. The van der Waals surface area contributed by atoms with Crippen LogP contribution in [0.3, 0.4) is 0 Å². The number of rotatable bonds is 7. The average Bonchev–Trinajstić information content (AvgIpc) is 2.63. The van der Waals surface area contributed by atoms with E-state index in [1.165, 1.54) is 0 Å². The number of amides is 1. The Morgan fingerprint density at radius 2 is 1.93 bits per heavy atom. The molecule has 0 saturated carbocycles. The fraction of sp³-hybridized carbons (Fsp3) is 0.350. The Kier molecular flexibility index (Phi) is 6.46. The van der Waals surface area contributed by atoms with Gasteiger partial charge in [0.25, 0.3) is 0 Å². The van der Waals surface area contributed by atoms with E-state index in [9.17, 15) is 13.2 Å². The molecular formula is C20H24ClN3O3S. The SMILES string of the molecule is CS(=O)(=O)Nc1cccc2c1CCCN2CC(=O)NCCc1ccc(Cl)cc1. The van der Waals surface area contributed by atoms with Gasteiger partial charge < -0.3 is 10.2 Å². The van der Waals surface area contributed by atoms with Crippen LogP contribution in [0.15, 0.2) is 42.5 Å². The minimum Gasteiger partial charge on any atom is -0.362 e. The van der Waals surface area contributed by atoms with E-state index in [1.807, 2.05) is 41.3 Å². The minimum atomic E-state index is -3.35. The number of halogens is 1. The van der Waals surface area contributed by atoms with E-state index < -0.39 is 10.0 Å². The van der Waals surface area contributed by atoms with Crippen molar-refractivity contribution in [3.8, 4) is 0 Å². The second-order valence-corrected chi connectivity index (χ2v) is 9.11. The molecule has 3 rings (SSSR count). The van der Waals surface area contributed by atoms with Crippen LogP contribution in [0.5, 0.6) is 0 Å². The van der Waals surface area contributed by atoms with Crippen molar-refractivity contribution in [1.29, 1.82) is 0 Å². The van der Waals surface area contributed by atoms with Crippen molar-refractivity contribution in [3.63, 3.8) is 0 Å². The van der Waals surface area contributed by atoms with Crippen molar-refractivity contribution >= 4 is 38.9 Å². The number of benzene rings is 2. The summed E-state index contributed by atoms with van der Waals surface area (Å²) >= 11 is 5.88. The molecule has 0 aliphatic carbocycles. The summed E-state index contributed by atoms with van der Waals surface area (Å²) in [7, 11) is -3.35. The number of hydrogen-bond acceptors (Lipinski definition) is 4. The molecule has 8 heteroatoms. The van der Waals surface area contributed by atoms with Crippen LogP contribution in [0.4, 0.5) is 11.4 Å². The van der Waals surface area contributed by atoms with Gasteiger partial charge in [-0.3, -0.25) is 9.52 Å². The normalized spacial score (nSPS) is 13.7. The molecular weight excluding hydrogens is 398 g/mol. The number of nitrogens with one attached hydrogen (secondary N) is 2. The van der Waals surface area contributed by atoms with E-state index >= 15 is 0 Å². The first-order chi connectivity index (χ1) is 13.3. The monoisotopic (exact) mass is 421 g/mol.